The highest BCUT2D eigenvalue weighted by Gasteiger charge is 2.33. The van der Waals surface area contributed by atoms with Gasteiger partial charge in [0.05, 0.1) is 17.5 Å². The molecular formula is C23H23F3N6S. The number of halogens is 3. The van der Waals surface area contributed by atoms with Crippen LogP contribution in [-0.4, -0.2) is 30.2 Å². The standard InChI is InChI=1S/C23H23F3N6S/c1-2-3-10-21-27-14-18(32(21)15-16-7-4-5-9-20(16)23(24,25)26)12-17(22-28-30-31-29-22)13-19-8-6-11-33-19/h4-9,11-12,14H,2-3,10,13,15H2,1H3,(H,28,29,30,31)/b17-12-. The van der Waals surface area contributed by atoms with Crippen LogP contribution in [0.15, 0.2) is 48.0 Å². The summed E-state index contributed by atoms with van der Waals surface area (Å²) >= 11 is 1.61. The number of thiophene rings is 1. The molecule has 0 amide bonds. The molecule has 0 spiro atoms. The first-order valence-electron chi connectivity index (χ1n) is 10.6. The van der Waals surface area contributed by atoms with Gasteiger partial charge in [-0.05, 0) is 40.8 Å². The number of aryl methyl sites for hydroxylation is 1. The van der Waals surface area contributed by atoms with E-state index in [1.165, 1.54) is 12.1 Å². The molecule has 3 aromatic heterocycles. The van der Waals surface area contributed by atoms with E-state index in [4.69, 9.17) is 0 Å². The highest BCUT2D eigenvalue weighted by atomic mass is 32.1. The first kappa shape index (κ1) is 22.9. The molecule has 0 aliphatic carbocycles. The molecule has 0 atom stereocenters. The quantitative estimate of drug-likeness (QED) is 0.342. The first-order chi connectivity index (χ1) is 16.0. The summed E-state index contributed by atoms with van der Waals surface area (Å²) in [7, 11) is 0. The van der Waals surface area contributed by atoms with Gasteiger partial charge in [0.1, 0.15) is 5.82 Å². The number of H-pyrrole nitrogens is 1. The second kappa shape index (κ2) is 10.1. The maximum Gasteiger partial charge on any atom is 0.416 e. The lowest BCUT2D eigenvalue weighted by Crippen LogP contribution is -2.14. The fraction of sp³-hybridized carbons (Fsp3) is 0.304. The van der Waals surface area contributed by atoms with Crippen LogP contribution in [0, 0.1) is 0 Å². The van der Waals surface area contributed by atoms with Crippen molar-refractivity contribution in [3.8, 4) is 0 Å². The molecule has 10 heteroatoms. The second-order valence-electron chi connectivity index (χ2n) is 7.61. The van der Waals surface area contributed by atoms with E-state index < -0.39 is 11.7 Å². The van der Waals surface area contributed by atoms with Crippen molar-refractivity contribution in [3.63, 3.8) is 0 Å². The predicted molar refractivity (Wildman–Crippen MR) is 121 cm³/mol. The molecule has 4 rings (SSSR count). The number of benzene rings is 1. The molecule has 0 unspecified atom stereocenters. The summed E-state index contributed by atoms with van der Waals surface area (Å²) in [5, 5.41) is 16.4. The number of unbranched alkanes of at least 4 members (excludes halogenated alkanes) is 1. The molecule has 172 valence electrons. The van der Waals surface area contributed by atoms with Gasteiger partial charge in [0.2, 0.25) is 5.82 Å². The third-order valence-electron chi connectivity index (χ3n) is 5.27. The Morgan fingerprint density at radius 1 is 1.18 bits per heavy atom. The van der Waals surface area contributed by atoms with Crippen molar-refractivity contribution < 1.29 is 13.2 Å². The largest absolute Gasteiger partial charge is 0.416 e. The number of alkyl halides is 3. The predicted octanol–water partition coefficient (Wildman–Crippen LogP) is 5.65. The SMILES string of the molecule is CCCCc1ncc(/C=C(/Cc2cccs2)c2nn[nH]n2)n1Cc1ccccc1C(F)(F)F. The van der Waals surface area contributed by atoms with Gasteiger partial charge in [-0.3, -0.25) is 0 Å². The molecule has 33 heavy (non-hydrogen) atoms. The summed E-state index contributed by atoms with van der Waals surface area (Å²) in [6.45, 7) is 2.14. The molecule has 0 saturated carbocycles. The van der Waals surface area contributed by atoms with Crippen LogP contribution < -0.4 is 0 Å². The summed E-state index contributed by atoms with van der Waals surface area (Å²) in [5.74, 6) is 1.20. The Morgan fingerprint density at radius 3 is 2.73 bits per heavy atom. The van der Waals surface area contributed by atoms with E-state index in [9.17, 15) is 13.2 Å². The van der Waals surface area contributed by atoms with E-state index in [0.717, 1.165) is 35.2 Å². The van der Waals surface area contributed by atoms with E-state index >= 15 is 0 Å². The van der Waals surface area contributed by atoms with Crippen molar-refractivity contribution in [1.82, 2.24) is 30.2 Å². The van der Waals surface area contributed by atoms with Crippen molar-refractivity contribution in [3.05, 3.63) is 81.3 Å². The lowest BCUT2D eigenvalue weighted by atomic mass is 10.1. The average Bonchev–Trinajstić information content (AvgIpc) is 3.55. The van der Waals surface area contributed by atoms with E-state index in [1.54, 1.807) is 23.6 Å². The number of allylic oxidation sites excluding steroid dienone is 1. The number of hydrogen-bond acceptors (Lipinski definition) is 5. The Morgan fingerprint density at radius 2 is 2.03 bits per heavy atom. The average molecular weight is 473 g/mol. The smallest absolute Gasteiger partial charge is 0.324 e. The molecule has 0 fully saturated rings. The Labute approximate surface area is 193 Å². The van der Waals surface area contributed by atoms with Crippen LogP contribution in [-0.2, 0) is 25.6 Å². The number of tetrazole rings is 1. The number of hydrogen-bond donors (Lipinski definition) is 1. The molecule has 0 aliphatic rings. The molecule has 0 bridgehead atoms. The van der Waals surface area contributed by atoms with Crippen LogP contribution in [0.4, 0.5) is 13.2 Å². The normalized spacial score (nSPS) is 12.4. The van der Waals surface area contributed by atoms with Crippen molar-refractivity contribution in [2.24, 2.45) is 0 Å². The van der Waals surface area contributed by atoms with E-state index in [1.807, 2.05) is 28.2 Å². The molecule has 6 nitrogen and oxygen atoms in total. The molecule has 1 aromatic carbocycles. The van der Waals surface area contributed by atoms with Crippen LogP contribution in [0.25, 0.3) is 11.6 Å². The number of imidazole rings is 1. The van der Waals surface area contributed by atoms with Crippen LogP contribution >= 0.6 is 11.3 Å². The lowest BCUT2D eigenvalue weighted by molar-refractivity contribution is -0.138. The van der Waals surface area contributed by atoms with Gasteiger partial charge in [-0.2, -0.15) is 18.4 Å². The van der Waals surface area contributed by atoms with Gasteiger partial charge in [0.25, 0.3) is 0 Å². The Bertz CT molecular complexity index is 1190. The van der Waals surface area contributed by atoms with E-state index in [-0.39, 0.29) is 12.1 Å². The molecule has 1 N–H and O–H groups in total. The van der Waals surface area contributed by atoms with Gasteiger partial charge in [-0.1, -0.05) is 37.6 Å². The van der Waals surface area contributed by atoms with E-state index in [0.29, 0.717) is 24.4 Å². The van der Waals surface area contributed by atoms with Crippen LogP contribution in [0.5, 0.6) is 0 Å². The van der Waals surface area contributed by atoms with Gasteiger partial charge in [-0.25, -0.2) is 4.98 Å². The van der Waals surface area contributed by atoms with Crippen molar-refractivity contribution in [2.45, 2.75) is 45.3 Å². The van der Waals surface area contributed by atoms with Crippen LogP contribution in [0.3, 0.4) is 0 Å². The maximum absolute atomic E-state index is 13.6. The minimum absolute atomic E-state index is 0.0685. The lowest BCUT2D eigenvalue weighted by Gasteiger charge is -2.16. The highest BCUT2D eigenvalue weighted by molar-refractivity contribution is 7.10. The maximum atomic E-state index is 13.6. The molecule has 4 aromatic rings. The van der Waals surface area contributed by atoms with E-state index in [2.05, 4.69) is 32.5 Å². The van der Waals surface area contributed by atoms with Crippen molar-refractivity contribution in [2.75, 3.05) is 0 Å². The molecule has 0 aliphatic heterocycles. The van der Waals surface area contributed by atoms with Crippen molar-refractivity contribution in [1.29, 1.82) is 0 Å². The number of aromatic nitrogens is 6. The van der Waals surface area contributed by atoms with Gasteiger partial charge in [0, 0.05) is 29.8 Å². The fourth-order valence-electron chi connectivity index (χ4n) is 3.64. The van der Waals surface area contributed by atoms with Crippen LogP contribution in [0.2, 0.25) is 0 Å². The second-order valence-corrected chi connectivity index (χ2v) is 8.64. The number of rotatable bonds is 9. The van der Waals surface area contributed by atoms with Gasteiger partial charge >= 0.3 is 6.18 Å². The fourth-order valence-corrected chi connectivity index (χ4v) is 4.37. The number of nitrogens with one attached hydrogen (secondary N) is 1. The van der Waals surface area contributed by atoms with Crippen molar-refractivity contribution >= 4 is 23.0 Å². The minimum atomic E-state index is -4.42. The summed E-state index contributed by atoms with van der Waals surface area (Å²) in [6.07, 6.45) is 2.29. The van der Waals surface area contributed by atoms with Gasteiger partial charge < -0.3 is 4.57 Å². The first-order valence-corrected chi connectivity index (χ1v) is 11.5. The molecule has 0 saturated heterocycles. The zero-order chi connectivity index (χ0) is 23.3. The molecule has 0 radical (unpaired) electrons. The zero-order valence-electron chi connectivity index (χ0n) is 18.0. The number of aromatic amines is 1. The van der Waals surface area contributed by atoms with Crippen LogP contribution in [0.1, 0.15) is 53.1 Å². The minimum Gasteiger partial charge on any atom is -0.324 e. The summed E-state index contributed by atoms with van der Waals surface area (Å²) < 4.78 is 42.7. The zero-order valence-corrected chi connectivity index (χ0v) is 18.8. The summed E-state index contributed by atoms with van der Waals surface area (Å²) in [5.41, 5.74) is 1.08. The Balaban J connectivity index is 1.77. The third kappa shape index (κ3) is 5.57. The van der Waals surface area contributed by atoms with Gasteiger partial charge in [0.15, 0.2) is 0 Å². The van der Waals surface area contributed by atoms with Gasteiger partial charge in [-0.15, -0.1) is 21.5 Å². The third-order valence-corrected chi connectivity index (χ3v) is 6.15. The molecular weight excluding hydrogens is 449 g/mol. The summed E-state index contributed by atoms with van der Waals surface area (Å²) in [6, 6.07) is 9.66. The highest BCUT2D eigenvalue weighted by Crippen LogP contribution is 2.33. The monoisotopic (exact) mass is 472 g/mol. The Hall–Kier alpha value is -3.27. The Kier molecular flexibility index (Phi) is 7.02. The summed E-state index contributed by atoms with van der Waals surface area (Å²) in [4.78, 5) is 5.66. The molecule has 3 heterocycles. The number of nitrogens with zero attached hydrogens (tertiary/aromatic N) is 5. The topological polar surface area (TPSA) is 72.3 Å².